The first-order valence-electron chi connectivity index (χ1n) is 13.4. The zero-order chi connectivity index (χ0) is 28.1. The number of anilines is 1. The second-order valence-corrected chi connectivity index (χ2v) is 12.5. The molecule has 1 amide bonds. The molecule has 0 bridgehead atoms. The highest BCUT2D eigenvalue weighted by Gasteiger charge is 2.24. The number of piperazine rings is 1. The summed E-state index contributed by atoms with van der Waals surface area (Å²) in [6, 6.07) is 17.5. The fourth-order valence-corrected chi connectivity index (χ4v) is 6.29. The largest absolute Gasteiger partial charge is 0.455 e. The van der Waals surface area contributed by atoms with Gasteiger partial charge < -0.3 is 14.5 Å². The quantitative estimate of drug-likeness (QED) is 0.351. The van der Waals surface area contributed by atoms with Crippen LogP contribution in [0.25, 0.3) is 0 Å². The predicted octanol–water partition coefficient (Wildman–Crippen LogP) is 5.44. The molecule has 0 saturated carbocycles. The number of hydrogen-bond donors (Lipinski definition) is 1. The lowest BCUT2D eigenvalue weighted by Crippen LogP contribution is -2.50. The number of nitrogens with one attached hydrogen (secondary N) is 1. The van der Waals surface area contributed by atoms with Crippen LogP contribution in [-0.2, 0) is 10.0 Å². The zero-order valence-corrected chi connectivity index (χ0v) is 24.4. The maximum atomic E-state index is 13.2. The van der Waals surface area contributed by atoms with Crippen molar-refractivity contribution in [3.63, 3.8) is 0 Å². The number of carbonyl (C=O) groups is 1. The molecule has 2 saturated heterocycles. The normalized spacial score (nSPS) is 16.7. The third-order valence-electron chi connectivity index (χ3n) is 7.25. The Balaban J connectivity index is 1.19. The summed E-state index contributed by atoms with van der Waals surface area (Å²) in [4.78, 5) is 19.9. The van der Waals surface area contributed by atoms with Crippen LogP contribution in [-0.4, -0.2) is 81.4 Å². The molecule has 2 aliphatic rings. The van der Waals surface area contributed by atoms with Crippen LogP contribution in [0, 0.1) is 0 Å². The summed E-state index contributed by atoms with van der Waals surface area (Å²) < 4.78 is 34.8. The van der Waals surface area contributed by atoms with Gasteiger partial charge in [0.1, 0.15) is 5.75 Å². The summed E-state index contributed by atoms with van der Waals surface area (Å²) in [6.45, 7) is 7.52. The van der Waals surface area contributed by atoms with Gasteiger partial charge in [-0.05, 0) is 74.5 Å². The Morgan fingerprint density at radius 1 is 0.800 bits per heavy atom. The topological polar surface area (TPSA) is 82.2 Å². The first-order valence-corrected chi connectivity index (χ1v) is 15.6. The molecule has 1 N–H and O–H groups in total. The number of amides is 1. The van der Waals surface area contributed by atoms with Gasteiger partial charge in [-0.1, -0.05) is 35.3 Å². The van der Waals surface area contributed by atoms with E-state index in [1.807, 2.05) is 4.90 Å². The van der Waals surface area contributed by atoms with E-state index in [2.05, 4.69) is 14.5 Å². The first kappa shape index (κ1) is 28.7. The first-order chi connectivity index (χ1) is 19.3. The number of ether oxygens (including phenoxy) is 1. The van der Waals surface area contributed by atoms with E-state index in [-0.39, 0.29) is 16.5 Å². The van der Waals surface area contributed by atoms with Gasteiger partial charge in [-0.3, -0.25) is 14.4 Å². The number of para-hydroxylation sites is 2. The highest BCUT2D eigenvalue weighted by atomic mass is 35.5. The SMILES string of the molecule is O=C(c1ccc(S(=O)(=O)Nc2ccccc2Oc2ccc(Cl)c(Cl)c2)cc1)N1CCN(CCN2CCCC2)CC1. The number of benzene rings is 3. The molecule has 2 heterocycles. The fourth-order valence-electron chi connectivity index (χ4n) is 4.93. The van der Waals surface area contributed by atoms with Gasteiger partial charge in [-0.2, -0.15) is 0 Å². The summed E-state index contributed by atoms with van der Waals surface area (Å²) in [5.41, 5.74) is 0.726. The van der Waals surface area contributed by atoms with Gasteiger partial charge in [0.05, 0.1) is 20.6 Å². The van der Waals surface area contributed by atoms with Gasteiger partial charge in [0.2, 0.25) is 0 Å². The molecule has 0 atom stereocenters. The molecule has 2 aliphatic heterocycles. The van der Waals surface area contributed by atoms with Gasteiger partial charge in [0.15, 0.2) is 5.75 Å². The number of hydrogen-bond acceptors (Lipinski definition) is 6. The molecule has 11 heteroatoms. The van der Waals surface area contributed by atoms with E-state index in [0.717, 1.165) is 26.2 Å². The Morgan fingerprint density at radius 3 is 2.12 bits per heavy atom. The molecule has 3 aromatic rings. The minimum Gasteiger partial charge on any atom is -0.455 e. The number of likely N-dealkylation sites (tertiary alicyclic amines) is 1. The van der Waals surface area contributed by atoms with Crippen LogP contribution in [0.1, 0.15) is 23.2 Å². The molecule has 0 unspecified atom stereocenters. The van der Waals surface area contributed by atoms with Crippen LogP contribution < -0.4 is 9.46 Å². The molecule has 212 valence electrons. The number of sulfonamides is 1. The Hall–Kier alpha value is -2.82. The molecule has 3 aromatic carbocycles. The van der Waals surface area contributed by atoms with E-state index in [1.54, 1.807) is 54.6 Å². The van der Waals surface area contributed by atoms with Gasteiger partial charge in [-0.15, -0.1) is 0 Å². The standard InChI is InChI=1S/C29H32Cl2N4O4S/c30-25-12-9-23(21-26(25)31)39-28-6-2-1-5-27(28)32-40(37,38)24-10-7-22(8-11-24)29(36)35-19-17-34(18-20-35)16-15-33-13-3-4-14-33/h1-2,5-12,21,32H,3-4,13-20H2. The van der Waals surface area contributed by atoms with Crippen molar-refractivity contribution >= 4 is 44.8 Å². The lowest BCUT2D eigenvalue weighted by molar-refractivity contribution is 0.0626. The molecule has 40 heavy (non-hydrogen) atoms. The second-order valence-electron chi connectivity index (χ2n) is 9.99. The van der Waals surface area contributed by atoms with Crippen LogP contribution in [0.2, 0.25) is 10.0 Å². The lowest BCUT2D eigenvalue weighted by atomic mass is 10.2. The van der Waals surface area contributed by atoms with Gasteiger partial charge in [-0.25, -0.2) is 8.42 Å². The van der Waals surface area contributed by atoms with E-state index >= 15 is 0 Å². The molecule has 2 fully saturated rings. The maximum absolute atomic E-state index is 13.2. The van der Waals surface area contributed by atoms with Crippen molar-refractivity contribution in [2.75, 3.05) is 57.1 Å². The smallest absolute Gasteiger partial charge is 0.262 e. The highest BCUT2D eigenvalue weighted by molar-refractivity contribution is 7.92. The van der Waals surface area contributed by atoms with E-state index in [0.29, 0.717) is 40.2 Å². The van der Waals surface area contributed by atoms with Crippen LogP contribution in [0.3, 0.4) is 0 Å². The summed E-state index contributed by atoms with van der Waals surface area (Å²) in [5, 5.41) is 0.714. The number of halogens is 2. The molecule has 0 aliphatic carbocycles. The summed E-state index contributed by atoms with van der Waals surface area (Å²) in [7, 11) is -3.94. The average molecular weight is 604 g/mol. The van der Waals surface area contributed by atoms with E-state index in [1.165, 1.54) is 38.1 Å². The Labute approximate surface area is 245 Å². The minimum atomic E-state index is -3.94. The number of carbonyl (C=O) groups excluding carboxylic acids is 1. The Morgan fingerprint density at radius 2 is 1.45 bits per heavy atom. The highest BCUT2D eigenvalue weighted by Crippen LogP contribution is 2.34. The maximum Gasteiger partial charge on any atom is 0.262 e. The van der Waals surface area contributed by atoms with Crippen LogP contribution in [0.4, 0.5) is 5.69 Å². The van der Waals surface area contributed by atoms with Crippen molar-refractivity contribution in [1.29, 1.82) is 0 Å². The van der Waals surface area contributed by atoms with E-state index in [4.69, 9.17) is 27.9 Å². The lowest BCUT2D eigenvalue weighted by Gasteiger charge is -2.35. The molecular weight excluding hydrogens is 571 g/mol. The third kappa shape index (κ3) is 7.08. The van der Waals surface area contributed by atoms with Gasteiger partial charge >= 0.3 is 0 Å². The van der Waals surface area contributed by atoms with Crippen molar-refractivity contribution < 1.29 is 17.9 Å². The van der Waals surface area contributed by atoms with Crippen molar-refractivity contribution in [2.24, 2.45) is 0 Å². The van der Waals surface area contributed by atoms with Crippen molar-refractivity contribution in [3.05, 3.63) is 82.3 Å². The zero-order valence-electron chi connectivity index (χ0n) is 22.1. The van der Waals surface area contributed by atoms with Crippen LogP contribution in [0.15, 0.2) is 71.6 Å². The van der Waals surface area contributed by atoms with Crippen molar-refractivity contribution in [2.45, 2.75) is 17.7 Å². The molecule has 0 spiro atoms. The Bertz CT molecular complexity index is 1440. The molecular formula is C29H32Cl2N4O4S. The van der Waals surface area contributed by atoms with Crippen LogP contribution in [0.5, 0.6) is 11.5 Å². The van der Waals surface area contributed by atoms with Gasteiger partial charge in [0, 0.05) is 50.9 Å². The predicted molar refractivity (Wildman–Crippen MR) is 158 cm³/mol. The van der Waals surface area contributed by atoms with Gasteiger partial charge in [0.25, 0.3) is 15.9 Å². The molecule has 0 aromatic heterocycles. The van der Waals surface area contributed by atoms with E-state index in [9.17, 15) is 13.2 Å². The molecule has 0 radical (unpaired) electrons. The Kier molecular flexibility index (Phi) is 9.17. The van der Waals surface area contributed by atoms with E-state index < -0.39 is 10.0 Å². The van der Waals surface area contributed by atoms with Crippen molar-refractivity contribution in [3.8, 4) is 11.5 Å². The third-order valence-corrected chi connectivity index (χ3v) is 9.37. The van der Waals surface area contributed by atoms with Crippen LogP contribution >= 0.6 is 23.2 Å². The molecule has 5 rings (SSSR count). The number of nitrogens with zero attached hydrogens (tertiary/aromatic N) is 3. The number of rotatable bonds is 9. The average Bonchev–Trinajstić information content (AvgIpc) is 3.49. The minimum absolute atomic E-state index is 0.0418. The van der Waals surface area contributed by atoms with Crippen molar-refractivity contribution in [1.82, 2.24) is 14.7 Å². The monoisotopic (exact) mass is 602 g/mol. The summed E-state index contributed by atoms with van der Waals surface area (Å²) in [6.07, 6.45) is 2.58. The molecule has 8 nitrogen and oxygen atoms in total. The second kappa shape index (κ2) is 12.8. The summed E-state index contributed by atoms with van der Waals surface area (Å²) >= 11 is 12.1. The summed E-state index contributed by atoms with van der Waals surface area (Å²) in [5.74, 6) is 0.628. The fraction of sp³-hybridized carbons (Fsp3) is 0.345.